The fourth-order valence-corrected chi connectivity index (χ4v) is 5.69. The van der Waals surface area contributed by atoms with Gasteiger partial charge in [-0.2, -0.15) is 5.26 Å². The summed E-state index contributed by atoms with van der Waals surface area (Å²) in [7, 11) is 0. The molecule has 3 heterocycles. The van der Waals surface area contributed by atoms with Crippen LogP contribution in [0.2, 0.25) is 0 Å². The van der Waals surface area contributed by atoms with Crippen LogP contribution in [0.5, 0.6) is 0 Å². The maximum absolute atomic E-state index is 13.5. The van der Waals surface area contributed by atoms with Crippen molar-refractivity contribution in [3.63, 3.8) is 0 Å². The Hall–Kier alpha value is -2.83. The summed E-state index contributed by atoms with van der Waals surface area (Å²) in [4.78, 5) is 28.1. The van der Waals surface area contributed by atoms with Crippen molar-refractivity contribution in [3.8, 4) is 6.07 Å². The Labute approximate surface area is 171 Å². The Morgan fingerprint density at radius 2 is 1.73 bits per heavy atom. The summed E-state index contributed by atoms with van der Waals surface area (Å²) >= 11 is 0. The standard InChI is InChI=1S/C22H20N2O6/c1-21-15-16(22(30-21,8-9-25)18(27)17(21)26)20(29)24(19(15)28)14-7-6-11(10-23)12-4-2-3-5-13(12)14/h2-7,15-18,25-27H,8-9H2,1H3/t15-,16+,17-,18+,21?,22?/m1/s1. The average molecular weight is 408 g/mol. The lowest BCUT2D eigenvalue weighted by Gasteiger charge is -2.37. The highest BCUT2D eigenvalue weighted by atomic mass is 16.6. The van der Waals surface area contributed by atoms with Gasteiger partial charge in [0.15, 0.2) is 0 Å². The number of aliphatic hydroxyl groups is 3. The predicted molar refractivity (Wildman–Crippen MR) is 104 cm³/mol. The number of benzene rings is 2. The van der Waals surface area contributed by atoms with Crippen LogP contribution in [0.4, 0.5) is 5.69 Å². The van der Waals surface area contributed by atoms with E-state index in [1.54, 1.807) is 36.4 Å². The molecule has 30 heavy (non-hydrogen) atoms. The van der Waals surface area contributed by atoms with E-state index in [2.05, 4.69) is 6.07 Å². The molecule has 0 radical (unpaired) electrons. The number of carbonyl (C=O) groups excluding carboxylic acids is 2. The van der Waals surface area contributed by atoms with E-state index in [0.29, 0.717) is 22.0 Å². The van der Waals surface area contributed by atoms with Gasteiger partial charge in [-0.3, -0.25) is 9.59 Å². The van der Waals surface area contributed by atoms with Crippen LogP contribution < -0.4 is 4.90 Å². The zero-order valence-electron chi connectivity index (χ0n) is 16.1. The lowest BCUT2D eigenvalue weighted by atomic mass is 9.64. The molecular formula is C22H20N2O6. The minimum Gasteiger partial charge on any atom is -0.396 e. The van der Waals surface area contributed by atoms with Crippen LogP contribution in [0.25, 0.3) is 10.8 Å². The molecular weight excluding hydrogens is 388 g/mol. The molecule has 0 spiro atoms. The van der Waals surface area contributed by atoms with E-state index < -0.39 is 47.1 Å². The van der Waals surface area contributed by atoms with Gasteiger partial charge in [0, 0.05) is 23.8 Å². The molecule has 8 heteroatoms. The molecule has 2 aromatic rings. The van der Waals surface area contributed by atoms with Crippen molar-refractivity contribution in [2.75, 3.05) is 11.5 Å². The molecule has 0 aliphatic carbocycles. The van der Waals surface area contributed by atoms with Crippen molar-refractivity contribution in [1.82, 2.24) is 0 Å². The lowest BCUT2D eigenvalue weighted by molar-refractivity contribution is -0.137. The number of hydrogen-bond acceptors (Lipinski definition) is 7. The highest BCUT2D eigenvalue weighted by Gasteiger charge is 2.80. The van der Waals surface area contributed by atoms with E-state index in [9.17, 15) is 30.2 Å². The second-order valence-electron chi connectivity index (χ2n) is 8.36. The van der Waals surface area contributed by atoms with Crippen LogP contribution in [-0.2, 0) is 14.3 Å². The molecule has 3 saturated heterocycles. The van der Waals surface area contributed by atoms with Gasteiger partial charge in [0.2, 0.25) is 11.8 Å². The minimum atomic E-state index is -1.53. The average Bonchev–Trinajstić information content (AvgIpc) is 3.25. The molecule has 6 atom stereocenters. The van der Waals surface area contributed by atoms with Crippen LogP contribution in [0.1, 0.15) is 18.9 Å². The molecule has 2 amide bonds. The molecule has 2 aromatic carbocycles. The molecule has 3 aliphatic rings. The van der Waals surface area contributed by atoms with Crippen molar-refractivity contribution < 1.29 is 29.6 Å². The van der Waals surface area contributed by atoms with E-state index in [4.69, 9.17) is 4.74 Å². The number of amides is 2. The zero-order valence-corrected chi connectivity index (χ0v) is 16.1. The summed E-state index contributed by atoms with van der Waals surface area (Å²) in [5.74, 6) is -3.06. The first-order valence-corrected chi connectivity index (χ1v) is 9.78. The first-order chi connectivity index (χ1) is 14.3. The Balaban J connectivity index is 1.69. The van der Waals surface area contributed by atoms with Gasteiger partial charge in [-0.15, -0.1) is 0 Å². The summed E-state index contributed by atoms with van der Waals surface area (Å²) in [6, 6.07) is 12.3. The number of rotatable bonds is 3. The van der Waals surface area contributed by atoms with E-state index >= 15 is 0 Å². The molecule has 2 unspecified atom stereocenters. The largest absolute Gasteiger partial charge is 0.396 e. The molecule has 3 N–H and O–H groups in total. The lowest BCUT2D eigenvalue weighted by Crippen LogP contribution is -2.58. The Kier molecular flexibility index (Phi) is 3.89. The van der Waals surface area contributed by atoms with Crippen molar-refractivity contribution in [2.45, 2.75) is 36.8 Å². The zero-order chi connectivity index (χ0) is 21.4. The van der Waals surface area contributed by atoms with E-state index in [1.165, 1.54) is 6.92 Å². The van der Waals surface area contributed by atoms with Gasteiger partial charge in [0.1, 0.15) is 23.4 Å². The van der Waals surface area contributed by atoms with Crippen molar-refractivity contribution in [2.24, 2.45) is 11.8 Å². The van der Waals surface area contributed by atoms with Crippen molar-refractivity contribution in [3.05, 3.63) is 42.0 Å². The second-order valence-corrected chi connectivity index (χ2v) is 8.36. The molecule has 154 valence electrons. The van der Waals surface area contributed by atoms with Crippen LogP contribution in [0.15, 0.2) is 36.4 Å². The highest BCUT2D eigenvalue weighted by Crippen LogP contribution is 2.62. The summed E-state index contributed by atoms with van der Waals surface area (Å²) in [6.45, 7) is 1.15. The number of fused-ring (bicyclic) bond motifs is 6. The maximum atomic E-state index is 13.5. The van der Waals surface area contributed by atoms with Crippen LogP contribution >= 0.6 is 0 Å². The van der Waals surface area contributed by atoms with Gasteiger partial charge in [0.25, 0.3) is 0 Å². The van der Waals surface area contributed by atoms with Crippen LogP contribution in [0.3, 0.4) is 0 Å². The predicted octanol–water partition coefficient (Wildman–Crippen LogP) is 0.463. The first-order valence-electron chi connectivity index (χ1n) is 9.78. The summed E-state index contributed by atoms with van der Waals surface area (Å²) in [5.41, 5.74) is -2.20. The van der Waals surface area contributed by atoms with Crippen molar-refractivity contribution in [1.29, 1.82) is 5.26 Å². The number of nitriles is 1. The molecule has 5 rings (SSSR count). The fourth-order valence-electron chi connectivity index (χ4n) is 5.69. The van der Waals surface area contributed by atoms with E-state index in [1.807, 2.05) is 0 Å². The summed E-state index contributed by atoms with van der Waals surface area (Å²) < 4.78 is 5.96. The Bertz CT molecular complexity index is 1140. The summed E-state index contributed by atoms with van der Waals surface area (Å²) in [6.07, 6.45) is -2.84. The number of anilines is 1. The number of aliphatic hydroxyl groups excluding tert-OH is 3. The highest BCUT2D eigenvalue weighted by molar-refractivity contribution is 6.26. The van der Waals surface area contributed by atoms with Gasteiger partial charge in [-0.1, -0.05) is 24.3 Å². The fraction of sp³-hybridized carbons (Fsp3) is 0.409. The maximum Gasteiger partial charge on any atom is 0.240 e. The topological polar surface area (TPSA) is 131 Å². The molecule has 8 nitrogen and oxygen atoms in total. The number of imide groups is 1. The van der Waals surface area contributed by atoms with Crippen molar-refractivity contribution >= 4 is 28.3 Å². The number of nitrogens with zero attached hydrogens (tertiary/aromatic N) is 2. The molecule has 3 aliphatic heterocycles. The SMILES string of the molecule is CC12OC(CCO)([C@@H]3C(=O)N(c4ccc(C#N)c5ccccc45)C(=O)[C@@H]31)[C@@H](O)[C@H]2O. The molecule has 3 fully saturated rings. The van der Waals surface area contributed by atoms with Gasteiger partial charge < -0.3 is 20.1 Å². The monoisotopic (exact) mass is 408 g/mol. The number of ether oxygens (including phenoxy) is 1. The van der Waals surface area contributed by atoms with Gasteiger partial charge in [-0.05, 0) is 19.1 Å². The van der Waals surface area contributed by atoms with Crippen LogP contribution in [-0.4, -0.2) is 57.2 Å². The van der Waals surface area contributed by atoms with Gasteiger partial charge >= 0.3 is 0 Å². The second kappa shape index (κ2) is 6.09. The molecule has 0 saturated carbocycles. The Morgan fingerprint density at radius 1 is 1.07 bits per heavy atom. The number of carbonyl (C=O) groups is 2. The normalized spacial score (nSPS) is 37.1. The van der Waals surface area contributed by atoms with E-state index in [0.717, 1.165) is 4.90 Å². The van der Waals surface area contributed by atoms with Gasteiger partial charge in [0.05, 0.1) is 29.2 Å². The quantitative estimate of drug-likeness (QED) is 0.629. The van der Waals surface area contributed by atoms with Crippen LogP contribution in [0, 0.1) is 23.2 Å². The number of hydrogen-bond donors (Lipinski definition) is 3. The third-order valence-corrected chi connectivity index (χ3v) is 7.01. The van der Waals surface area contributed by atoms with E-state index in [-0.39, 0.29) is 13.0 Å². The molecule has 0 aromatic heterocycles. The summed E-state index contributed by atoms with van der Waals surface area (Å²) in [5, 5.41) is 41.5. The van der Waals surface area contributed by atoms with Gasteiger partial charge in [-0.25, -0.2) is 4.90 Å². The first kappa shape index (κ1) is 19.2. The Morgan fingerprint density at radius 3 is 2.40 bits per heavy atom. The molecule has 2 bridgehead atoms. The third kappa shape index (κ3) is 2.03. The smallest absolute Gasteiger partial charge is 0.240 e. The minimum absolute atomic E-state index is 0.0804. The third-order valence-electron chi connectivity index (χ3n) is 7.01.